The number of thioether (sulfide) groups is 1. The third-order valence-corrected chi connectivity index (χ3v) is 2.67. The molecule has 1 N–H and O–H groups in total. The number of aliphatic carboxylic acids is 1. The Morgan fingerprint density at radius 3 is 2.93 bits per heavy atom. The van der Waals surface area contributed by atoms with Gasteiger partial charge in [-0.3, -0.25) is 9.59 Å². The van der Waals surface area contributed by atoms with Crippen LogP contribution in [0.2, 0.25) is 0 Å². The van der Waals surface area contributed by atoms with Crippen LogP contribution in [0.25, 0.3) is 4.85 Å². The fourth-order valence-corrected chi connectivity index (χ4v) is 1.98. The second-order valence-electron chi connectivity index (χ2n) is 2.54. The van der Waals surface area contributed by atoms with Gasteiger partial charge in [-0.15, -0.1) is 11.8 Å². The van der Waals surface area contributed by atoms with Gasteiger partial charge >= 0.3 is 5.97 Å². The zero-order valence-electron chi connectivity index (χ0n) is 7.43. The Morgan fingerprint density at radius 2 is 2.47 bits per heavy atom. The van der Waals surface area contributed by atoms with E-state index in [2.05, 4.69) is 4.85 Å². The van der Waals surface area contributed by atoms with Crippen molar-refractivity contribution in [3.05, 3.63) is 22.1 Å². The number of hydrogen-bond acceptors (Lipinski definition) is 4. The summed E-state index contributed by atoms with van der Waals surface area (Å²) in [6.07, 6.45) is 0. The van der Waals surface area contributed by atoms with E-state index in [1.807, 2.05) is 0 Å². The highest BCUT2D eigenvalue weighted by Crippen LogP contribution is 2.31. The highest BCUT2D eigenvalue weighted by Gasteiger charge is 2.30. The quantitative estimate of drug-likeness (QED) is 0.536. The Labute approximate surface area is 89.6 Å². The van der Waals surface area contributed by atoms with Crippen LogP contribution in [-0.4, -0.2) is 34.2 Å². The zero-order chi connectivity index (χ0) is 11.4. The summed E-state index contributed by atoms with van der Waals surface area (Å²) in [5, 5.41) is 17.3. The molecule has 76 valence electrons. The molecule has 1 aliphatic rings. The van der Waals surface area contributed by atoms with Crippen molar-refractivity contribution in [3.63, 3.8) is 0 Å². The predicted octanol–water partition coefficient (Wildman–Crippen LogP) is 0.258. The predicted molar refractivity (Wildman–Crippen MR) is 51.0 cm³/mol. The van der Waals surface area contributed by atoms with Gasteiger partial charge in [-0.25, -0.2) is 10.1 Å². The van der Waals surface area contributed by atoms with E-state index >= 15 is 0 Å². The van der Waals surface area contributed by atoms with Crippen molar-refractivity contribution in [2.75, 3.05) is 12.3 Å². The average molecular weight is 223 g/mol. The Kier molecular flexibility index (Phi) is 3.32. The van der Waals surface area contributed by atoms with Crippen LogP contribution >= 0.6 is 11.8 Å². The van der Waals surface area contributed by atoms with E-state index in [0.29, 0.717) is 0 Å². The number of carbonyl (C=O) groups is 2. The summed E-state index contributed by atoms with van der Waals surface area (Å²) in [7, 11) is 0. The van der Waals surface area contributed by atoms with E-state index in [-0.39, 0.29) is 16.5 Å². The van der Waals surface area contributed by atoms with E-state index < -0.39 is 18.4 Å². The summed E-state index contributed by atoms with van der Waals surface area (Å²) in [6.45, 7) is 6.20. The second-order valence-corrected chi connectivity index (χ2v) is 3.50. The molecule has 0 saturated carbocycles. The first-order chi connectivity index (χ1) is 7.10. The van der Waals surface area contributed by atoms with Crippen molar-refractivity contribution in [2.45, 2.75) is 0 Å². The molecule has 0 aromatic heterocycles. The normalized spacial score (nSPS) is 18.3. The molecule has 1 aliphatic heterocycles. The van der Waals surface area contributed by atoms with Crippen LogP contribution in [0.1, 0.15) is 0 Å². The Bertz CT molecular complexity index is 413. The fraction of sp³-hybridized carbons (Fsp3) is 0.250. The molecule has 0 aromatic carbocycles. The van der Waals surface area contributed by atoms with E-state index in [1.54, 1.807) is 6.07 Å². The number of nitrogens with zero attached hydrogens (tertiary/aromatic N) is 3. The number of carbonyl (C=O) groups excluding carboxylic acids is 1. The minimum absolute atomic E-state index is 0.0727. The van der Waals surface area contributed by atoms with Crippen LogP contribution in [0.15, 0.2) is 10.7 Å². The van der Waals surface area contributed by atoms with E-state index in [9.17, 15) is 9.59 Å². The van der Waals surface area contributed by atoms with Gasteiger partial charge in [-0.1, -0.05) is 0 Å². The molecule has 0 spiro atoms. The number of rotatable bonds is 2. The monoisotopic (exact) mass is 223 g/mol. The first kappa shape index (κ1) is 11.1. The van der Waals surface area contributed by atoms with Gasteiger partial charge in [-0.2, -0.15) is 0 Å². The molecule has 0 aliphatic carbocycles. The maximum atomic E-state index is 11.3. The smallest absolute Gasteiger partial charge is 0.323 e. The first-order valence-corrected chi connectivity index (χ1v) is 4.75. The Balaban J connectivity index is 3.06. The van der Waals surface area contributed by atoms with Crippen LogP contribution in [-0.2, 0) is 9.59 Å². The molecular formula is C8H5N3O3S. The fourth-order valence-electron chi connectivity index (χ4n) is 1.01. The van der Waals surface area contributed by atoms with Crippen LogP contribution in [0, 0.1) is 17.9 Å². The van der Waals surface area contributed by atoms with Gasteiger partial charge in [0.25, 0.3) is 5.70 Å². The number of carboxylic acid groups (broad SMARTS) is 1. The van der Waals surface area contributed by atoms with Crippen molar-refractivity contribution < 1.29 is 14.7 Å². The van der Waals surface area contributed by atoms with Crippen molar-refractivity contribution in [2.24, 2.45) is 0 Å². The summed E-state index contributed by atoms with van der Waals surface area (Å²) in [6, 6.07) is 1.64. The average Bonchev–Trinajstić information content (AvgIpc) is 2.51. The molecule has 7 heteroatoms. The van der Waals surface area contributed by atoms with Gasteiger partial charge in [0.2, 0.25) is 5.91 Å². The lowest BCUT2D eigenvalue weighted by Crippen LogP contribution is -2.30. The van der Waals surface area contributed by atoms with Crippen LogP contribution in [0.4, 0.5) is 0 Å². The molecule has 6 nitrogen and oxygen atoms in total. The molecule has 0 unspecified atom stereocenters. The lowest BCUT2D eigenvalue weighted by atomic mass is 10.4. The minimum Gasteiger partial charge on any atom is -0.480 e. The summed E-state index contributed by atoms with van der Waals surface area (Å²) < 4.78 is 0. The van der Waals surface area contributed by atoms with Crippen molar-refractivity contribution in [1.29, 1.82) is 5.26 Å². The van der Waals surface area contributed by atoms with Crippen molar-refractivity contribution >= 4 is 23.6 Å². The molecule has 1 saturated heterocycles. The van der Waals surface area contributed by atoms with Gasteiger partial charge in [0.05, 0.1) is 23.4 Å². The number of amides is 1. The standard InChI is InChI=1S/C8H5N3O3S/c1-10-5(2-9)8-11(3-7(13)14)6(12)4-15-8/h3-4H2,(H,13,14). The SMILES string of the molecule is [C-]#[N+]C(C#N)=C1SCC(=O)N1CC(=O)O. The molecule has 0 radical (unpaired) electrons. The number of carboxylic acids is 1. The van der Waals surface area contributed by atoms with Crippen molar-refractivity contribution in [3.8, 4) is 6.07 Å². The third-order valence-electron chi connectivity index (χ3n) is 1.59. The largest absolute Gasteiger partial charge is 0.480 e. The molecule has 1 rings (SSSR count). The molecule has 0 atom stereocenters. The van der Waals surface area contributed by atoms with Gasteiger partial charge in [-0.05, 0) is 0 Å². The summed E-state index contributed by atoms with van der Waals surface area (Å²) in [5.41, 5.74) is -0.243. The highest BCUT2D eigenvalue weighted by molar-refractivity contribution is 8.04. The molecular weight excluding hydrogens is 218 g/mol. The second kappa shape index (κ2) is 4.49. The van der Waals surface area contributed by atoms with E-state index in [0.717, 1.165) is 16.7 Å². The van der Waals surface area contributed by atoms with Gasteiger partial charge in [0.1, 0.15) is 6.54 Å². The molecule has 1 heterocycles. The molecule has 1 fully saturated rings. The molecule has 1 amide bonds. The zero-order valence-corrected chi connectivity index (χ0v) is 8.24. The van der Waals surface area contributed by atoms with Gasteiger partial charge < -0.3 is 10.0 Å². The number of allylic oxidation sites excluding steroid dienone is 1. The lowest BCUT2D eigenvalue weighted by molar-refractivity contribution is -0.141. The Morgan fingerprint density at radius 1 is 1.80 bits per heavy atom. The van der Waals surface area contributed by atoms with Crippen LogP contribution in [0.5, 0.6) is 0 Å². The Hall–Kier alpha value is -1.99. The maximum Gasteiger partial charge on any atom is 0.323 e. The van der Waals surface area contributed by atoms with E-state index in [4.69, 9.17) is 16.9 Å². The minimum atomic E-state index is -1.18. The van der Waals surface area contributed by atoms with Gasteiger partial charge in [0, 0.05) is 0 Å². The van der Waals surface area contributed by atoms with Gasteiger partial charge in [0.15, 0.2) is 0 Å². The topological polar surface area (TPSA) is 85.8 Å². The van der Waals surface area contributed by atoms with Crippen LogP contribution in [0.3, 0.4) is 0 Å². The van der Waals surface area contributed by atoms with E-state index in [1.165, 1.54) is 0 Å². The van der Waals surface area contributed by atoms with Crippen molar-refractivity contribution in [1.82, 2.24) is 4.90 Å². The molecule has 15 heavy (non-hydrogen) atoms. The van der Waals surface area contributed by atoms with Crippen LogP contribution < -0.4 is 0 Å². The first-order valence-electron chi connectivity index (χ1n) is 3.77. The molecule has 0 aromatic rings. The lowest BCUT2D eigenvalue weighted by Gasteiger charge is -2.13. The summed E-state index contributed by atoms with van der Waals surface area (Å²) in [5.74, 6) is -1.50. The highest BCUT2D eigenvalue weighted by atomic mass is 32.2. The summed E-state index contributed by atoms with van der Waals surface area (Å²) >= 11 is 1.01. The maximum absolute atomic E-state index is 11.3. The number of hydrogen-bond donors (Lipinski definition) is 1. The number of nitriles is 1. The molecule has 0 bridgehead atoms. The third kappa shape index (κ3) is 2.27. The summed E-state index contributed by atoms with van der Waals surface area (Å²) in [4.78, 5) is 25.6.